The molecule has 0 saturated heterocycles. The zero-order valence-corrected chi connectivity index (χ0v) is 20.0. The number of benzene rings is 2. The molecule has 1 atom stereocenters. The molecule has 1 unspecified atom stereocenters. The molecule has 2 aromatic heterocycles. The van der Waals surface area contributed by atoms with Crippen LogP contribution in [0.3, 0.4) is 0 Å². The van der Waals surface area contributed by atoms with Gasteiger partial charge in [0.05, 0.1) is 36.2 Å². The van der Waals surface area contributed by atoms with E-state index >= 15 is 0 Å². The minimum Gasteiger partial charge on any atom is -0.496 e. The number of rotatable bonds is 7. The van der Waals surface area contributed by atoms with Crippen molar-refractivity contribution in [3.63, 3.8) is 0 Å². The highest BCUT2D eigenvalue weighted by Gasteiger charge is 2.15. The minimum atomic E-state index is 0.178. The Balaban J connectivity index is 1.58. The number of methoxy groups -OCH3 is 2. The Labute approximate surface area is 191 Å². The standard InChI is InChI=1S/C25H26N2O2S2/c1-15(2)17-12-22-19(23(13-17)28-4)10-11-25(27-22)31-30-16(3)21-14-24(29-5)18-8-6-7-9-20(18)26-21/h6-16H,1-5H3. The Morgan fingerprint density at radius 1 is 0.774 bits per heavy atom. The van der Waals surface area contributed by atoms with E-state index in [1.165, 1.54) is 5.56 Å². The summed E-state index contributed by atoms with van der Waals surface area (Å²) in [5.41, 5.74) is 4.14. The van der Waals surface area contributed by atoms with E-state index in [1.54, 1.807) is 35.8 Å². The van der Waals surface area contributed by atoms with Crippen LogP contribution < -0.4 is 9.47 Å². The molecular formula is C25H26N2O2S2. The van der Waals surface area contributed by atoms with Gasteiger partial charge in [-0.1, -0.05) is 36.8 Å². The van der Waals surface area contributed by atoms with Crippen molar-refractivity contribution in [2.45, 2.75) is 37.0 Å². The molecule has 0 radical (unpaired) electrons. The molecule has 6 heteroatoms. The number of para-hydroxylation sites is 1. The van der Waals surface area contributed by atoms with Crippen molar-refractivity contribution in [2.24, 2.45) is 0 Å². The highest BCUT2D eigenvalue weighted by atomic mass is 33.1. The molecule has 2 heterocycles. The Hall–Kier alpha value is -2.44. The predicted molar refractivity (Wildman–Crippen MR) is 133 cm³/mol. The molecule has 0 fully saturated rings. The number of aromatic nitrogens is 2. The Morgan fingerprint density at radius 2 is 1.48 bits per heavy atom. The van der Waals surface area contributed by atoms with Gasteiger partial charge >= 0.3 is 0 Å². The van der Waals surface area contributed by atoms with Crippen LogP contribution in [0.2, 0.25) is 0 Å². The van der Waals surface area contributed by atoms with Crippen LogP contribution in [0.5, 0.6) is 11.5 Å². The van der Waals surface area contributed by atoms with Gasteiger partial charge in [-0.3, -0.25) is 4.98 Å². The molecule has 0 aliphatic heterocycles. The van der Waals surface area contributed by atoms with Gasteiger partial charge in [-0.2, -0.15) is 0 Å². The summed E-state index contributed by atoms with van der Waals surface area (Å²) in [5, 5.41) is 3.22. The van der Waals surface area contributed by atoms with Crippen molar-refractivity contribution >= 4 is 43.4 Å². The average Bonchev–Trinajstić information content (AvgIpc) is 2.80. The SMILES string of the molecule is COc1cc(C(C)C)cc2nc(SSC(C)c3cc(OC)c4ccccc4n3)ccc12. The number of hydrogen-bond acceptors (Lipinski definition) is 6. The third-order valence-corrected chi connectivity index (χ3v) is 7.96. The molecule has 0 N–H and O–H groups in total. The number of ether oxygens (including phenoxy) is 2. The van der Waals surface area contributed by atoms with Crippen LogP contribution in [0.15, 0.2) is 59.6 Å². The first kappa shape index (κ1) is 21.8. The lowest BCUT2D eigenvalue weighted by atomic mass is 10.0. The van der Waals surface area contributed by atoms with Crippen LogP contribution in [-0.2, 0) is 0 Å². The zero-order chi connectivity index (χ0) is 22.0. The van der Waals surface area contributed by atoms with Crippen molar-refractivity contribution in [3.05, 3.63) is 65.9 Å². The van der Waals surface area contributed by atoms with Crippen molar-refractivity contribution in [1.82, 2.24) is 9.97 Å². The molecule has 0 aliphatic rings. The normalized spacial score (nSPS) is 12.5. The maximum Gasteiger partial charge on any atom is 0.130 e. The average molecular weight is 451 g/mol. The first-order valence-electron chi connectivity index (χ1n) is 10.3. The summed E-state index contributed by atoms with van der Waals surface area (Å²) in [7, 11) is 6.83. The van der Waals surface area contributed by atoms with Crippen molar-refractivity contribution in [3.8, 4) is 11.5 Å². The van der Waals surface area contributed by atoms with E-state index in [0.717, 1.165) is 44.0 Å². The molecule has 160 valence electrons. The van der Waals surface area contributed by atoms with Crippen LogP contribution in [0.4, 0.5) is 0 Å². The van der Waals surface area contributed by atoms with Gasteiger partial charge in [-0.05, 0) is 65.6 Å². The fraction of sp³-hybridized carbons (Fsp3) is 0.280. The fourth-order valence-electron chi connectivity index (χ4n) is 3.46. The van der Waals surface area contributed by atoms with Gasteiger partial charge in [-0.15, -0.1) is 0 Å². The summed E-state index contributed by atoms with van der Waals surface area (Å²) in [4.78, 5) is 9.74. The van der Waals surface area contributed by atoms with E-state index in [0.29, 0.717) is 5.92 Å². The minimum absolute atomic E-state index is 0.178. The van der Waals surface area contributed by atoms with E-state index in [-0.39, 0.29) is 5.25 Å². The topological polar surface area (TPSA) is 44.2 Å². The second-order valence-corrected chi connectivity index (χ2v) is 10.2. The maximum atomic E-state index is 5.60. The van der Waals surface area contributed by atoms with Crippen LogP contribution in [0.25, 0.3) is 21.8 Å². The van der Waals surface area contributed by atoms with Gasteiger partial charge < -0.3 is 9.47 Å². The Bertz CT molecular complexity index is 1230. The summed E-state index contributed by atoms with van der Waals surface area (Å²) in [6.45, 7) is 6.53. The van der Waals surface area contributed by atoms with E-state index < -0.39 is 0 Å². The lowest BCUT2D eigenvalue weighted by Crippen LogP contribution is -1.96. The van der Waals surface area contributed by atoms with Gasteiger partial charge in [0.2, 0.25) is 0 Å². The molecule has 2 aromatic carbocycles. The van der Waals surface area contributed by atoms with Gasteiger partial charge in [-0.25, -0.2) is 4.98 Å². The first-order chi connectivity index (χ1) is 15.0. The molecule has 0 aliphatic carbocycles. The van der Waals surface area contributed by atoms with Gasteiger partial charge in [0.1, 0.15) is 16.5 Å². The van der Waals surface area contributed by atoms with E-state index in [2.05, 4.69) is 45.0 Å². The predicted octanol–water partition coefficient (Wildman–Crippen LogP) is 7.43. The number of fused-ring (bicyclic) bond motifs is 2. The molecule has 4 aromatic rings. The van der Waals surface area contributed by atoms with Crippen molar-refractivity contribution in [1.29, 1.82) is 0 Å². The summed E-state index contributed by atoms with van der Waals surface area (Å²) in [5.74, 6) is 2.15. The second-order valence-electron chi connectivity index (χ2n) is 7.68. The number of hydrogen-bond donors (Lipinski definition) is 0. The van der Waals surface area contributed by atoms with Gasteiger partial charge in [0.25, 0.3) is 0 Å². The smallest absolute Gasteiger partial charge is 0.130 e. The third kappa shape index (κ3) is 4.60. The first-order valence-corrected chi connectivity index (χ1v) is 12.5. The molecule has 0 spiro atoms. The van der Waals surface area contributed by atoms with Crippen LogP contribution in [0, 0.1) is 0 Å². The summed E-state index contributed by atoms with van der Waals surface area (Å²) in [6.07, 6.45) is 0. The van der Waals surface area contributed by atoms with Gasteiger partial charge in [0.15, 0.2) is 0 Å². The maximum absolute atomic E-state index is 5.60. The quantitative estimate of drug-likeness (QED) is 0.273. The van der Waals surface area contributed by atoms with E-state index in [9.17, 15) is 0 Å². The molecule has 0 amide bonds. The van der Waals surface area contributed by atoms with Crippen molar-refractivity contribution in [2.75, 3.05) is 14.2 Å². The fourth-order valence-corrected chi connectivity index (χ4v) is 5.49. The number of pyridine rings is 2. The highest BCUT2D eigenvalue weighted by Crippen LogP contribution is 2.43. The summed E-state index contributed by atoms with van der Waals surface area (Å²) >= 11 is 0. The molecule has 0 saturated carbocycles. The third-order valence-electron chi connectivity index (χ3n) is 5.26. The van der Waals surface area contributed by atoms with E-state index in [1.807, 2.05) is 30.3 Å². The summed E-state index contributed by atoms with van der Waals surface area (Å²) in [6, 6.07) is 18.5. The molecule has 4 nitrogen and oxygen atoms in total. The van der Waals surface area contributed by atoms with Crippen LogP contribution >= 0.6 is 21.6 Å². The molecule has 0 bridgehead atoms. The Morgan fingerprint density at radius 3 is 2.23 bits per heavy atom. The second kappa shape index (κ2) is 9.37. The van der Waals surface area contributed by atoms with Crippen molar-refractivity contribution < 1.29 is 9.47 Å². The monoisotopic (exact) mass is 450 g/mol. The van der Waals surface area contributed by atoms with Crippen LogP contribution in [-0.4, -0.2) is 24.2 Å². The van der Waals surface area contributed by atoms with Crippen LogP contribution in [0.1, 0.15) is 43.2 Å². The lowest BCUT2D eigenvalue weighted by Gasteiger charge is -2.14. The zero-order valence-electron chi connectivity index (χ0n) is 18.4. The lowest BCUT2D eigenvalue weighted by molar-refractivity contribution is 0.419. The van der Waals surface area contributed by atoms with E-state index in [4.69, 9.17) is 19.4 Å². The molecule has 31 heavy (non-hydrogen) atoms. The Kier molecular flexibility index (Phi) is 6.58. The number of nitrogens with zero attached hydrogens (tertiary/aromatic N) is 2. The molecular weight excluding hydrogens is 424 g/mol. The molecule has 4 rings (SSSR count). The highest BCUT2D eigenvalue weighted by molar-refractivity contribution is 8.76. The largest absolute Gasteiger partial charge is 0.496 e. The van der Waals surface area contributed by atoms with Gasteiger partial charge in [0, 0.05) is 16.8 Å². The summed E-state index contributed by atoms with van der Waals surface area (Å²) < 4.78 is 11.2.